The minimum Gasteiger partial charge on any atom is -0.481 e. The molecule has 2 aromatic carbocycles. The molecule has 0 amide bonds. The minimum absolute atomic E-state index is 0.417. The molecule has 1 N–H and O–H groups in total. The van der Waals surface area contributed by atoms with Crippen LogP contribution in [-0.4, -0.2) is 30.7 Å². The van der Waals surface area contributed by atoms with Crippen LogP contribution in [0.3, 0.4) is 0 Å². The lowest BCUT2D eigenvalue weighted by Crippen LogP contribution is -2.27. The summed E-state index contributed by atoms with van der Waals surface area (Å²) in [6, 6.07) is 17.3. The third kappa shape index (κ3) is 4.94. The Bertz CT molecular complexity index is 1030. The lowest BCUT2D eigenvalue weighted by molar-refractivity contribution is 0.185. The molecule has 0 bridgehead atoms. The summed E-state index contributed by atoms with van der Waals surface area (Å²) in [4.78, 5) is 9.52. The minimum atomic E-state index is 0.417. The van der Waals surface area contributed by atoms with E-state index < -0.39 is 0 Å². The van der Waals surface area contributed by atoms with Crippen molar-refractivity contribution in [3.63, 3.8) is 0 Å². The Hall–Kier alpha value is -2.76. The molecular formula is C26H31N3O2. The molecule has 1 heterocycles. The summed E-state index contributed by atoms with van der Waals surface area (Å²) in [7, 11) is 3.38. The van der Waals surface area contributed by atoms with Crippen molar-refractivity contribution in [3.05, 3.63) is 76.5 Å². The second kappa shape index (κ2) is 10.0. The number of fused-ring (bicyclic) bond motifs is 1. The Balaban J connectivity index is 1.49. The summed E-state index contributed by atoms with van der Waals surface area (Å²) in [5.41, 5.74) is 7.02. The molecule has 1 aliphatic carbocycles. The van der Waals surface area contributed by atoms with E-state index in [0.717, 1.165) is 35.3 Å². The van der Waals surface area contributed by atoms with E-state index in [1.165, 1.54) is 30.4 Å². The number of hydrogen-bond donors (Lipinski definition) is 1. The molecular weight excluding hydrogens is 386 g/mol. The van der Waals surface area contributed by atoms with Crippen LogP contribution in [0.4, 0.5) is 0 Å². The number of nitrogens with zero attached hydrogens (tertiary/aromatic N) is 2. The number of nitrogens with one attached hydrogen (secondary N) is 1. The zero-order chi connectivity index (χ0) is 21.6. The van der Waals surface area contributed by atoms with Gasteiger partial charge in [-0.05, 0) is 55.4 Å². The lowest BCUT2D eigenvalue weighted by Gasteiger charge is -2.26. The van der Waals surface area contributed by atoms with Crippen molar-refractivity contribution in [2.24, 2.45) is 0 Å². The van der Waals surface area contributed by atoms with Crippen molar-refractivity contribution < 1.29 is 9.47 Å². The van der Waals surface area contributed by atoms with Gasteiger partial charge in [0, 0.05) is 36.5 Å². The first kappa shape index (κ1) is 21.5. The SMILES string of the molecule is COCc1cccc(-c2nc(C)c(CCN[C@H]3CCCc4ccccc43)c(OC)n2)c1. The highest BCUT2D eigenvalue weighted by molar-refractivity contribution is 5.57. The fourth-order valence-corrected chi connectivity index (χ4v) is 4.46. The third-order valence-corrected chi connectivity index (χ3v) is 6.00. The van der Waals surface area contributed by atoms with Crippen molar-refractivity contribution in [1.82, 2.24) is 15.3 Å². The molecule has 1 aromatic heterocycles. The maximum atomic E-state index is 5.66. The highest BCUT2D eigenvalue weighted by Gasteiger charge is 2.20. The molecule has 5 heteroatoms. The van der Waals surface area contributed by atoms with Gasteiger partial charge in [0.2, 0.25) is 5.88 Å². The van der Waals surface area contributed by atoms with E-state index in [2.05, 4.69) is 35.6 Å². The van der Waals surface area contributed by atoms with Crippen molar-refractivity contribution in [1.29, 1.82) is 0 Å². The van der Waals surface area contributed by atoms with Crippen LogP contribution in [0, 0.1) is 6.92 Å². The largest absolute Gasteiger partial charge is 0.481 e. The number of ether oxygens (including phenoxy) is 2. The van der Waals surface area contributed by atoms with Gasteiger partial charge in [-0.2, -0.15) is 4.98 Å². The van der Waals surface area contributed by atoms with Gasteiger partial charge in [-0.25, -0.2) is 4.98 Å². The first-order valence-electron chi connectivity index (χ1n) is 11.0. The smallest absolute Gasteiger partial charge is 0.220 e. The standard InChI is InChI=1S/C26H31N3O2/c1-18-22(14-15-27-24-13-7-10-20-9-4-5-12-23(20)24)26(31-3)29-25(28-18)21-11-6-8-19(16-21)17-30-2/h4-6,8-9,11-12,16,24,27H,7,10,13-15,17H2,1-3H3/t24-/m0/s1. The molecule has 0 saturated carbocycles. The molecule has 0 spiro atoms. The van der Waals surface area contributed by atoms with Crippen molar-refractivity contribution in [2.75, 3.05) is 20.8 Å². The fraction of sp³-hybridized carbons (Fsp3) is 0.385. The first-order chi connectivity index (χ1) is 15.2. The Morgan fingerprint density at radius 2 is 1.94 bits per heavy atom. The Kier molecular flexibility index (Phi) is 6.95. The summed E-state index contributed by atoms with van der Waals surface area (Å²) >= 11 is 0. The van der Waals surface area contributed by atoms with Crippen LogP contribution in [-0.2, 0) is 24.2 Å². The molecule has 162 valence electrons. The van der Waals surface area contributed by atoms with Crippen LogP contribution in [0.25, 0.3) is 11.4 Å². The Morgan fingerprint density at radius 3 is 2.77 bits per heavy atom. The quantitative estimate of drug-likeness (QED) is 0.570. The zero-order valence-corrected chi connectivity index (χ0v) is 18.6. The van der Waals surface area contributed by atoms with Gasteiger partial charge in [0.15, 0.2) is 5.82 Å². The summed E-state index contributed by atoms with van der Waals surface area (Å²) in [5.74, 6) is 1.34. The number of hydrogen-bond acceptors (Lipinski definition) is 5. The Labute approximate surface area is 184 Å². The molecule has 1 atom stereocenters. The number of aryl methyl sites for hydroxylation is 2. The Morgan fingerprint density at radius 1 is 1.06 bits per heavy atom. The average molecular weight is 418 g/mol. The van der Waals surface area contributed by atoms with Crippen LogP contribution in [0.1, 0.15) is 46.8 Å². The molecule has 5 nitrogen and oxygen atoms in total. The highest BCUT2D eigenvalue weighted by Crippen LogP contribution is 2.30. The van der Waals surface area contributed by atoms with Gasteiger partial charge in [-0.1, -0.05) is 42.5 Å². The summed E-state index contributed by atoms with van der Waals surface area (Å²) in [5, 5.41) is 3.75. The summed E-state index contributed by atoms with van der Waals surface area (Å²) < 4.78 is 10.9. The predicted octanol–water partition coefficient (Wildman–Crippen LogP) is 4.82. The average Bonchev–Trinajstić information content (AvgIpc) is 2.80. The van der Waals surface area contributed by atoms with Crippen LogP contribution < -0.4 is 10.1 Å². The third-order valence-electron chi connectivity index (χ3n) is 6.00. The van der Waals surface area contributed by atoms with Crippen molar-refractivity contribution >= 4 is 0 Å². The summed E-state index contributed by atoms with van der Waals surface area (Å²) in [6.07, 6.45) is 4.43. The van der Waals surface area contributed by atoms with Gasteiger partial charge in [0.25, 0.3) is 0 Å². The van der Waals surface area contributed by atoms with Crippen LogP contribution >= 0.6 is 0 Å². The number of benzene rings is 2. The predicted molar refractivity (Wildman–Crippen MR) is 123 cm³/mol. The molecule has 0 saturated heterocycles. The van der Waals surface area contributed by atoms with E-state index in [9.17, 15) is 0 Å². The van der Waals surface area contributed by atoms with Crippen LogP contribution in [0.15, 0.2) is 48.5 Å². The van der Waals surface area contributed by atoms with Gasteiger partial charge in [-0.3, -0.25) is 0 Å². The van der Waals surface area contributed by atoms with Crippen molar-refractivity contribution in [2.45, 2.75) is 45.3 Å². The maximum absolute atomic E-state index is 5.66. The molecule has 1 aliphatic rings. The van der Waals surface area contributed by atoms with E-state index in [1.807, 2.05) is 25.1 Å². The van der Waals surface area contributed by atoms with Gasteiger partial charge in [0.1, 0.15) is 0 Å². The fourth-order valence-electron chi connectivity index (χ4n) is 4.46. The molecule has 0 radical (unpaired) electrons. The highest BCUT2D eigenvalue weighted by atomic mass is 16.5. The summed E-state index contributed by atoms with van der Waals surface area (Å²) in [6.45, 7) is 3.47. The van der Waals surface area contributed by atoms with Crippen molar-refractivity contribution in [3.8, 4) is 17.3 Å². The van der Waals surface area contributed by atoms with E-state index in [1.54, 1.807) is 14.2 Å². The second-order valence-electron chi connectivity index (χ2n) is 8.10. The topological polar surface area (TPSA) is 56.3 Å². The number of rotatable bonds is 8. The molecule has 3 aromatic rings. The van der Waals surface area contributed by atoms with E-state index in [-0.39, 0.29) is 0 Å². The monoisotopic (exact) mass is 417 g/mol. The van der Waals surface area contributed by atoms with Gasteiger partial charge in [0.05, 0.1) is 13.7 Å². The van der Waals surface area contributed by atoms with E-state index in [0.29, 0.717) is 24.4 Å². The van der Waals surface area contributed by atoms with Gasteiger partial charge in [-0.15, -0.1) is 0 Å². The molecule has 0 aliphatic heterocycles. The molecule has 0 unspecified atom stereocenters. The molecule has 31 heavy (non-hydrogen) atoms. The number of aromatic nitrogens is 2. The van der Waals surface area contributed by atoms with E-state index in [4.69, 9.17) is 19.4 Å². The molecule has 4 rings (SSSR count). The van der Waals surface area contributed by atoms with E-state index >= 15 is 0 Å². The zero-order valence-electron chi connectivity index (χ0n) is 18.6. The normalized spacial score (nSPS) is 15.5. The van der Waals surface area contributed by atoms with Gasteiger partial charge < -0.3 is 14.8 Å². The second-order valence-corrected chi connectivity index (χ2v) is 8.10. The van der Waals surface area contributed by atoms with Crippen LogP contribution in [0.5, 0.6) is 5.88 Å². The number of methoxy groups -OCH3 is 2. The van der Waals surface area contributed by atoms with Crippen LogP contribution in [0.2, 0.25) is 0 Å². The molecule has 0 fully saturated rings. The maximum Gasteiger partial charge on any atom is 0.220 e. The lowest BCUT2D eigenvalue weighted by atomic mass is 9.87. The van der Waals surface area contributed by atoms with Gasteiger partial charge >= 0.3 is 0 Å². The first-order valence-corrected chi connectivity index (χ1v) is 11.0.